The predicted octanol–water partition coefficient (Wildman–Crippen LogP) is 3.80. The van der Waals surface area contributed by atoms with Crippen LogP contribution in [0.15, 0.2) is 72.8 Å². The zero-order valence-electron chi connectivity index (χ0n) is 19.2. The quantitative estimate of drug-likeness (QED) is 0.296. The molecule has 1 aromatic heterocycles. The lowest BCUT2D eigenvalue weighted by Crippen LogP contribution is -2.31. The second kappa shape index (κ2) is 10.2. The molecular formula is C26H27N3O5. The second-order valence-corrected chi connectivity index (χ2v) is 7.88. The van der Waals surface area contributed by atoms with Gasteiger partial charge in [-0.3, -0.25) is 9.59 Å². The molecule has 0 spiro atoms. The van der Waals surface area contributed by atoms with Crippen LogP contribution in [0.4, 0.5) is 0 Å². The third kappa shape index (κ3) is 4.66. The third-order valence-electron chi connectivity index (χ3n) is 5.76. The Morgan fingerprint density at radius 1 is 1.09 bits per heavy atom. The molecule has 34 heavy (non-hydrogen) atoms. The predicted molar refractivity (Wildman–Crippen MR) is 126 cm³/mol. The van der Waals surface area contributed by atoms with Gasteiger partial charge in [-0.1, -0.05) is 24.3 Å². The van der Waals surface area contributed by atoms with Crippen molar-refractivity contribution in [3.63, 3.8) is 0 Å². The van der Waals surface area contributed by atoms with Crippen LogP contribution in [-0.4, -0.2) is 51.5 Å². The molecule has 1 fully saturated rings. The number of ketones is 1. The number of aromatic nitrogens is 2. The lowest BCUT2D eigenvalue weighted by molar-refractivity contribution is -0.139. The van der Waals surface area contributed by atoms with Gasteiger partial charge in [-0.15, -0.1) is 0 Å². The first-order valence-corrected chi connectivity index (χ1v) is 11.1. The number of amides is 1. The Morgan fingerprint density at radius 2 is 1.88 bits per heavy atom. The van der Waals surface area contributed by atoms with E-state index in [9.17, 15) is 14.7 Å². The van der Waals surface area contributed by atoms with Crippen molar-refractivity contribution in [2.24, 2.45) is 0 Å². The number of likely N-dealkylation sites (tertiary alicyclic amines) is 1. The number of Topliss-reactive ketones (excluding diaryl/α,β-unsaturated/α-hetero) is 1. The Hall–Kier alpha value is -4.07. The molecule has 0 radical (unpaired) electrons. The zero-order chi connectivity index (χ0) is 24.1. The van der Waals surface area contributed by atoms with Crippen molar-refractivity contribution >= 4 is 17.4 Å². The number of hydrogen-bond donors (Lipinski definition) is 1. The molecule has 1 N–H and O–H groups in total. The van der Waals surface area contributed by atoms with Crippen LogP contribution in [0.3, 0.4) is 0 Å². The summed E-state index contributed by atoms with van der Waals surface area (Å²) in [4.78, 5) is 31.8. The van der Waals surface area contributed by atoms with Gasteiger partial charge in [0.1, 0.15) is 17.3 Å². The molecule has 2 heterocycles. The van der Waals surface area contributed by atoms with Crippen molar-refractivity contribution in [3.8, 4) is 11.5 Å². The van der Waals surface area contributed by atoms with Crippen molar-refractivity contribution in [1.29, 1.82) is 0 Å². The summed E-state index contributed by atoms with van der Waals surface area (Å²) in [7, 11) is 1.53. The molecule has 3 aromatic rings. The number of rotatable bonds is 9. The minimum Gasteiger partial charge on any atom is -0.507 e. The Kier molecular flexibility index (Phi) is 6.96. The highest BCUT2D eigenvalue weighted by molar-refractivity contribution is 6.46. The van der Waals surface area contributed by atoms with Crippen molar-refractivity contribution in [1.82, 2.24) is 14.5 Å². The number of aliphatic hydroxyl groups excluding tert-OH is 1. The molecule has 1 atom stereocenters. The lowest BCUT2D eigenvalue weighted by Gasteiger charge is -2.25. The number of carbonyl (C=O) groups is 2. The number of nitrogens with zero attached hydrogens (tertiary/aromatic N) is 3. The van der Waals surface area contributed by atoms with Gasteiger partial charge < -0.3 is 24.0 Å². The van der Waals surface area contributed by atoms with Crippen LogP contribution in [0.25, 0.3) is 5.76 Å². The molecule has 1 unspecified atom stereocenters. The molecule has 0 aliphatic carbocycles. The normalized spacial score (nSPS) is 17.2. The van der Waals surface area contributed by atoms with Crippen molar-refractivity contribution in [2.75, 3.05) is 20.3 Å². The van der Waals surface area contributed by atoms with Gasteiger partial charge in [-0.25, -0.2) is 4.98 Å². The Bertz CT molecular complexity index is 1190. The van der Waals surface area contributed by atoms with E-state index in [0.29, 0.717) is 43.2 Å². The molecule has 8 heteroatoms. The molecule has 1 saturated heterocycles. The van der Waals surface area contributed by atoms with E-state index >= 15 is 0 Å². The minimum atomic E-state index is -0.718. The first-order valence-electron chi connectivity index (χ1n) is 11.1. The summed E-state index contributed by atoms with van der Waals surface area (Å²) in [5.41, 5.74) is 1.19. The van der Waals surface area contributed by atoms with Crippen LogP contribution < -0.4 is 9.47 Å². The Labute approximate surface area is 198 Å². The van der Waals surface area contributed by atoms with Crippen LogP contribution in [0.5, 0.6) is 11.5 Å². The first-order chi connectivity index (χ1) is 16.5. The number of benzene rings is 2. The lowest BCUT2D eigenvalue weighted by atomic mass is 9.95. The summed E-state index contributed by atoms with van der Waals surface area (Å²) in [5.74, 6) is -0.337. The van der Waals surface area contributed by atoms with Gasteiger partial charge in [0.05, 0.1) is 31.7 Å². The monoisotopic (exact) mass is 461 g/mol. The van der Waals surface area contributed by atoms with E-state index in [0.717, 1.165) is 5.56 Å². The van der Waals surface area contributed by atoms with Crippen molar-refractivity contribution < 1.29 is 24.2 Å². The van der Waals surface area contributed by atoms with Gasteiger partial charge in [0.25, 0.3) is 11.7 Å². The maximum atomic E-state index is 13.1. The molecule has 1 aliphatic heterocycles. The number of hydrogen-bond acceptors (Lipinski definition) is 6. The summed E-state index contributed by atoms with van der Waals surface area (Å²) >= 11 is 0. The first kappa shape index (κ1) is 23.1. The average Bonchev–Trinajstić information content (AvgIpc) is 3.47. The number of aliphatic hydroxyl groups is 1. The summed E-state index contributed by atoms with van der Waals surface area (Å²) in [6.45, 7) is 3.42. The molecule has 2 aromatic carbocycles. The van der Waals surface area contributed by atoms with Gasteiger partial charge in [-0.05, 0) is 43.2 Å². The number of ether oxygens (including phenoxy) is 2. The van der Waals surface area contributed by atoms with E-state index in [4.69, 9.17) is 9.47 Å². The number of methoxy groups -OCH3 is 1. The highest BCUT2D eigenvalue weighted by atomic mass is 16.5. The largest absolute Gasteiger partial charge is 0.507 e. The van der Waals surface area contributed by atoms with E-state index < -0.39 is 17.7 Å². The highest BCUT2D eigenvalue weighted by Crippen LogP contribution is 2.40. The topological polar surface area (TPSA) is 93.9 Å². The zero-order valence-corrected chi connectivity index (χ0v) is 19.2. The van der Waals surface area contributed by atoms with E-state index in [2.05, 4.69) is 4.98 Å². The van der Waals surface area contributed by atoms with E-state index in [-0.39, 0.29) is 11.3 Å². The second-order valence-electron chi connectivity index (χ2n) is 7.88. The third-order valence-corrected chi connectivity index (χ3v) is 5.76. The molecule has 176 valence electrons. The van der Waals surface area contributed by atoms with Gasteiger partial charge in [-0.2, -0.15) is 0 Å². The molecule has 1 aliphatic rings. The fourth-order valence-electron chi connectivity index (χ4n) is 4.14. The SMILES string of the molecule is CCOc1ccc(C2/C(=C(/O)c3cccc(OC)c3)C(=O)C(=O)N2CCCn2ccnc2)cc1. The summed E-state index contributed by atoms with van der Waals surface area (Å²) in [6.07, 6.45) is 5.87. The molecule has 0 saturated carbocycles. The fourth-order valence-corrected chi connectivity index (χ4v) is 4.14. The van der Waals surface area contributed by atoms with E-state index in [1.165, 1.54) is 12.0 Å². The molecular weight excluding hydrogens is 434 g/mol. The molecule has 1 amide bonds. The smallest absolute Gasteiger partial charge is 0.295 e. The number of imidazole rings is 1. The Morgan fingerprint density at radius 3 is 2.56 bits per heavy atom. The molecule has 0 bridgehead atoms. The van der Waals surface area contributed by atoms with Crippen LogP contribution >= 0.6 is 0 Å². The van der Waals surface area contributed by atoms with Crippen molar-refractivity contribution in [3.05, 3.63) is 84.0 Å². The van der Waals surface area contributed by atoms with Crippen molar-refractivity contribution in [2.45, 2.75) is 25.9 Å². The minimum absolute atomic E-state index is 0.0602. The summed E-state index contributed by atoms with van der Waals surface area (Å²) < 4.78 is 12.7. The Balaban J connectivity index is 1.73. The van der Waals surface area contributed by atoms with Gasteiger partial charge in [0.2, 0.25) is 0 Å². The fraction of sp³-hybridized carbons (Fsp3) is 0.269. The number of carbonyl (C=O) groups excluding carboxylic acids is 2. The highest BCUT2D eigenvalue weighted by Gasteiger charge is 2.45. The van der Waals surface area contributed by atoms with E-state index in [1.54, 1.807) is 48.9 Å². The summed E-state index contributed by atoms with van der Waals surface area (Å²) in [5, 5.41) is 11.2. The molecule has 8 nitrogen and oxygen atoms in total. The van der Waals surface area contributed by atoms with Gasteiger partial charge in [0.15, 0.2) is 0 Å². The van der Waals surface area contributed by atoms with E-state index in [1.807, 2.05) is 29.8 Å². The maximum Gasteiger partial charge on any atom is 0.295 e. The van der Waals surface area contributed by atoms with Crippen LogP contribution in [0.1, 0.15) is 30.5 Å². The average molecular weight is 462 g/mol. The van der Waals surface area contributed by atoms with Crippen LogP contribution in [0.2, 0.25) is 0 Å². The van der Waals surface area contributed by atoms with Gasteiger partial charge in [0, 0.05) is 31.0 Å². The van der Waals surface area contributed by atoms with Crippen LogP contribution in [0, 0.1) is 0 Å². The standard InChI is InChI=1S/C26H27N3O5/c1-3-34-20-10-8-18(9-11-20)23-22(24(30)19-6-4-7-21(16-19)33-2)25(31)26(32)29(23)14-5-13-28-15-12-27-17-28/h4,6-12,15-17,23,30H,3,5,13-14H2,1-2H3/b24-22-. The number of aryl methyl sites for hydroxylation is 1. The maximum absolute atomic E-state index is 13.1. The molecule has 4 rings (SSSR count). The van der Waals surface area contributed by atoms with Gasteiger partial charge >= 0.3 is 0 Å². The van der Waals surface area contributed by atoms with Crippen LogP contribution in [-0.2, 0) is 16.1 Å². The summed E-state index contributed by atoms with van der Waals surface area (Å²) in [6, 6.07) is 13.3.